The number of hydrogen-bond donors (Lipinski definition) is 1. The quantitative estimate of drug-likeness (QED) is 0.814. The molecule has 0 radical (unpaired) electrons. The largest absolute Gasteiger partial charge is 0.508 e. The van der Waals surface area contributed by atoms with Crippen molar-refractivity contribution in [1.82, 2.24) is 4.98 Å². The van der Waals surface area contributed by atoms with Crippen molar-refractivity contribution in [2.24, 2.45) is 0 Å². The zero-order valence-corrected chi connectivity index (χ0v) is 7.97. The van der Waals surface area contributed by atoms with E-state index in [1.165, 1.54) is 18.5 Å². The van der Waals surface area contributed by atoms with Crippen molar-refractivity contribution in [3.05, 3.63) is 59.9 Å². The van der Waals surface area contributed by atoms with Gasteiger partial charge in [-0.25, -0.2) is 4.39 Å². The van der Waals surface area contributed by atoms with Gasteiger partial charge in [0, 0.05) is 18.0 Å². The Hall–Kier alpha value is -1.90. The highest BCUT2D eigenvalue weighted by Crippen LogP contribution is 2.31. The summed E-state index contributed by atoms with van der Waals surface area (Å²) in [7, 11) is 0. The Morgan fingerprint density at radius 3 is 2.40 bits per heavy atom. The summed E-state index contributed by atoms with van der Waals surface area (Å²) >= 11 is 0. The van der Waals surface area contributed by atoms with Gasteiger partial charge in [-0.15, -0.1) is 0 Å². The van der Waals surface area contributed by atoms with E-state index in [4.69, 9.17) is 0 Å². The molecule has 1 atom stereocenters. The summed E-state index contributed by atoms with van der Waals surface area (Å²) in [4.78, 5) is 3.81. The Bertz CT molecular complexity index is 444. The molecule has 3 heteroatoms. The monoisotopic (exact) mass is 203 g/mol. The summed E-state index contributed by atoms with van der Waals surface area (Å²) < 4.78 is 13.9. The maximum Gasteiger partial charge on any atom is 0.154 e. The summed E-state index contributed by atoms with van der Waals surface area (Å²) in [6.07, 6.45) is 1.75. The molecule has 1 N–H and O–H groups in total. The Morgan fingerprint density at radius 2 is 1.73 bits per heavy atom. The summed E-state index contributed by atoms with van der Waals surface area (Å²) in [5, 5.41) is 9.49. The number of aromatic nitrogens is 1. The third-order valence-electron chi connectivity index (χ3n) is 2.21. The Balaban J connectivity index is 2.37. The van der Waals surface area contributed by atoms with Crippen molar-refractivity contribution in [3.63, 3.8) is 0 Å². The second-order valence-corrected chi connectivity index (χ2v) is 3.20. The molecule has 15 heavy (non-hydrogen) atoms. The van der Waals surface area contributed by atoms with E-state index < -0.39 is 6.17 Å². The molecular weight excluding hydrogens is 193 g/mol. The average Bonchev–Trinajstić information content (AvgIpc) is 2.30. The number of benzene rings is 1. The third-order valence-corrected chi connectivity index (χ3v) is 2.21. The second kappa shape index (κ2) is 4.09. The predicted octanol–water partition coefficient (Wildman–Crippen LogP) is 2.85. The van der Waals surface area contributed by atoms with E-state index in [1.54, 1.807) is 30.3 Å². The Morgan fingerprint density at radius 1 is 1.07 bits per heavy atom. The number of alkyl halides is 1. The SMILES string of the molecule is Oc1ccccc1C(F)c1ccncc1. The first kappa shape index (κ1) is 9.65. The molecule has 0 aliphatic heterocycles. The second-order valence-electron chi connectivity index (χ2n) is 3.20. The number of phenols is 1. The van der Waals surface area contributed by atoms with Crippen LogP contribution in [0.1, 0.15) is 17.3 Å². The molecule has 0 saturated heterocycles. The van der Waals surface area contributed by atoms with Crippen molar-refractivity contribution in [1.29, 1.82) is 0 Å². The van der Waals surface area contributed by atoms with Crippen molar-refractivity contribution in [2.75, 3.05) is 0 Å². The first-order valence-corrected chi connectivity index (χ1v) is 4.61. The van der Waals surface area contributed by atoms with Gasteiger partial charge in [0.1, 0.15) is 5.75 Å². The highest BCUT2D eigenvalue weighted by Gasteiger charge is 2.15. The highest BCUT2D eigenvalue weighted by molar-refractivity contribution is 5.38. The zero-order valence-electron chi connectivity index (χ0n) is 7.97. The minimum absolute atomic E-state index is 0.0261. The first-order valence-electron chi connectivity index (χ1n) is 4.61. The van der Waals surface area contributed by atoms with Crippen LogP contribution in [0, 0.1) is 0 Å². The van der Waals surface area contributed by atoms with Crippen molar-refractivity contribution in [2.45, 2.75) is 6.17 Å². The van der Waals surface area contributed by atoms with E-state index in [9.17, 15) is 9.50 Å². The number of phenolic OH excluding ortho intramolecular Hbond substituents is 1. The van der Waals surface area contributed by atoms with Gasteiger partial charge in [0.05, 0.1) is 0 Å². The number of nitrogens with zero attached hydrogens (tertiary/aromatic N) is 1. The summed E-state index contributed by atoms with van der Waals surface area (Å²) in [5.74, 6) is -0.0261. The maximum absolute atomic E-state index is 13.9. The molecule has 2 aromatic rings. The summed E-state index contributed by atoms with van der Waals surface area (Å²) in [6.45, 7) is 0. The minimum atomic E-state index is -1.31. The van der Waals surface area contributed by atoms with Crippen LogP contribution in [0.25, 0.3) is 0 Å². The molecule has 0 aliphatic carbocycles. The van der Waals surface area contributed by atoms with Crippen molar-refractivity contribution >= 4 is 0 Å². The van der Waals surface area contributed by atoms with Crippen LogP contribution in [-0.4, -0.2) is 10.1 Å². The minimum Gasteiger partial charge on any atom is -0.508 e. The van der Waals surface area contributed by atoms with Crippen LogP contribution in [0.15, 0.2) is 48.8 Å². The molecule has 0 saturated carbocycles. The number of pyridine rings is 1. The van der Waals surface area contributed by atoms with E-state index in [0.717, 1.165) is 0 Å². The van der Waals surface area contributed by atoms with Gasteiger partial charge >= 0.3 is 0 Å². The van der Waals surface area contributed by atoms with Crippen LogP contribution in [0.3, 0.4) is 0 Å². The molecule has 0 bridgehead atoms. The predicted molar refractivity (Wildman–Crippen MR) is 55.3 cm³/mol. The molecule has 0 amide bonds. The number of halogens is 1. The van der Waals surface area contributed by atoms with E-state index >= 15 is 0 Å². The normalized spacial score (nSPS) is 12.3. The fourth-order valence-corrected chi connectivity index (χ4v) is 1.41. The van der Waals surface area contributed by atoms with Gasteiger partial charge in [0.25, 0.3) is 0 Å². The molecule has 1 heterocycles. The van der Waals surface area contributed by atoms with Crippen LogP contribution in [0.4, 0.5) is 4.39 Å². The molecule has 0 fully saturated rings. The van der Waals surface area contributed by atoms with Crippen molar-refractivity contribution in [3.8, 4) is 5.75 Å². The fourth-order valence-electron chi connectivity index (χ4n) is 1.41. The maximum atomic E-state index is 13.9. The number of aromatic hydroxyl groups is 1. The standard InChI is InChI=1S/C12H10FNO/c13-12(9-5-7-14-8-6-9)10-3-1-2-4-11(10)15/h1-8,12,15H. The van der Waals surface area contributed by atoms with Gasteiger partial charge in [0.2, 0.25) is 0 Å². The third kappa shape index (κ3) is 1.96. The molecular formula is C12H10FNO. The van der Waals surface area contributed by atoms with Gasteiger partial charge in [0.15, 0.2) is 6.17 Å². The number of para-hydroxylation sites is 1. The van der Waals surface area contributed by atoms with Crippen LogP contribution < -0.4 is 0 Å². The average molecular weight is 203 g/mol. The van der Waals surface area contributed by atoms with Crippen LogP contribution in [0.2, 0.25) is 0 Å². The van der Waals surface area contributed by atoms with Crippen LogP contribution >= 0.6 is 0 Å². The molecule has 1 aromatic carbocycles. The lowest BCUT2D eigenvalue weighted by Gasteiger charge is -2.09. The highest BCUT2D eigenvalue weighted by atomic mass is 19.1. The zero-order chi connectivity index (χ0) is 10.7. The van der Waals surface area contributed by atoms with E-state index in [1.807, 2.05) is 0 Å². The lowest BCUT2D eigenvalue weighted by Crippen LogP contribution is -1.94. The van der Waals surface area contributed by atoms with Gasteiger partial charge in [-0.3, -0.25) is 4.98 Å². The van der Waals surface area contributed by atoms with Gasteiger partial charge in [-0.05, 0) is 23.8 Å². The fraction of sp³-hybridized carbons (Fsp3) is 0.0833. The summed E-state index contributed by atoms with van der Waals surface area (Å²) in [6, 6.07) is 9.60. The van der Waals surface area contributed by atoms with Crippen molar-refractivity contribution < 1.29 is 9.50 Å². The lowest BCUT2D eigenvalue weighted by molar-refractivity contribution is 0.379. The molecule has 0 aliphatic rings. The number of rotatable bonds is 2. The van der Waals surface area contributed by atoms with Crippen LogP contribution in [-0.2, 0) is 0 Å². The molecule has 2 nitrogen and oxygen atoms in total. The van der Waals surface area contributed by atoms with E-state index in [0.29, 0.717) is 5.56 Å². The first-order chi connectivity index (χ1) is 7.29. The Kier molecular flexibility index (Phi) is 2.63. The Labute approximate surface area is 87.0 Å². The topological polar surface area (TPSA) is 33.1 Å². The molecule has 0 spiro atoms. The molecule has 2 rings (SSSR count). The molecule has 1 aromatic heterocycles. The molecule has 76 valence electrons. The van der Waals surface area contributed by atoms with Crippen LogP contribution in [0.5, 0.6) is 5.75 Å². The van der Waals surface area contributed by atoms with Gasteiger partial charge in [-0.2, -0.15) is 0 Å². The smallest absolute Gasteiger partial charge is 0.154 e. The van der Waals surface area contributed by atoms with E-state index in [2.05, 4.69) is 4.98 Å². The summed E-state index contributed by atoms with van der Waals surface area (Å²) in [5.41, 5.74) is 0.773. The van der Waals surface area contributed by atoms with Gasteiger partial charge < -0.3 is 5.11 Å². The number of hydrogen-bond acceptors (Lipinski definition) is 2. The molecule has 1 unspecified atom stereocenters. The van der Waals surface area contributed by atoms with E-state index in [-0.39, 0.29) is 11.3 Å². The van der Waals surface area contributed by atoms with Gasteiger partial charge in [-0.1, -0.05) is 18.2 Å². The lowest BCUT2D eigenvalue weighted by atomic mass is 10.0.